The van der Waals surface area contributed by atoms with Crippen molar-refractivity contribution in [2.45, 2.75) is 24.9 Å². The molecule has 0 heterocycles. The highest BCUT2D eigenvalue weighted by molar-refractivity contribution is 5.71. The summed E-state index contributed by atoms with van der Waals surface area (Å²) in [5, 5.41) is 18.6. The molecule has 0 amide bonds. The maximum absolute atomic E-state index is 10.6. The van der Waals surface area contributed by atoms with E-state index in [1.54, 1.807) is 12.1 Å². The molecule has 0 bridgehead atoms. The largest absolute Gasteiger partial charge is 0.481 e. The molecule has 0 atom stereocenters. The van der Waals surface area contributed by atoms with Gasteiger partial charge in [-0.05, 0) is 24.0 Å². The molecule has 14 heavy (non-hydrogen) atoms. The summed E-state index contributed by atoms with van der Waals surface area (Å²) in [4.78, 5) is 10.6. The molecule has 1 fully saturated rings. The van der Waals surface area contributed by atoms with Gasteiger partial charge in [-0.15, -0.1) is 0 Å². The second-order valence-corrected chi connectivity index (χ2v) is 3.76. The van der Waals surface area contributed by atoms with E-state index in [4.69, 9.17) is 5.11 Å². The van der Waals surface area contributed by atoms with Gasteiger partial charge in [0, 0.05) is 0 Å². The number of rotatable bonds is 3. The van der Waals surface area contributed by atoms with Gasteiger partial charge in [0.15, 0.2) is 0 Å². The summed E-state index contributed by atoms with van der Waals surface area (Å²) >= 11 is 0. The average molecular weight is 192 g/mol. The van der Waals surface area contributed by atoms with Gasteiger partial charge in [0.2, 0.25) is 0 Å². The van der Waals surface area contributed by atoms with Crippen molar-refractivity contribution < 1.29 is 15.0 Å². The summed E-state index contributed by atoms with van der Waals surface area (Å²) in [5.74, 6) is -0.860. The van der Waals surface area contributed by atoms with Gasteiger partial charge in [0.1, 0.15) is 0 Å². The van der Waals surface area contributed by atoms with Gasteiger partial charge in [-0.25, -0.2) is 0 Å². The number of carboxylic acids is 1. The molecule has 3 nitrogen and oxygen atoms in total. The molecule has 1 aliphatic carbocycles. The smallest absolute Gasteiger partial charge is 0.307 e. The summed E-state index contributed by atoms with van der Waals surface area (Å²) in [6.07, 6.45) is 1.46. The van der Waals surface area contributed by atoms with Crippen LogP contribution in [0.25, 0.3) is 0 Å². The monoisotopic (exact) mass is 192 g/mol. The summed E-state index contributed by atoms with van der Waals surface area (Å²) in [6.45, 7) is 0. The van der Waals surface area contributed by atoms with Gasteiger partial charge < -0.3 is 10.2 Å². The molecule has 0 unspecified atom stereocenters. The molecule has 1 saturated carbocycles. The Bertz CT molecular complexity index is 367. The van der Waals surface area contributed by atoms with Crippen molar-refractivity contribution >= 4 is 5.97 Å². The summed E-state index contributed by atoms with van der Waals surface area (Å²) in [6, 6.07) is 7.20. The molecule has 0 spiro atoms. The molecule has 1 aliphatic rings. The number of benzene rings is 1. The number of hydrogen-bond acceptors (Lipinski definition) is 2. The van der Waals surface area contributed by atoms with E-state index in [9.17, 15) is 9.90 Å². The van der Waals surface area contributed by atoms with E-state index in [2.05, 4.69) is 0 Å². The van der Waals surface area contributed by atoms with Crippen LogP contribution in [-0.4, -0.2) is 16.2 Å². The molecule has 3 heteroatoms. The number of carboxylic acid groups (broad SMARTS) is 1. The normalized spacial score (nSPS) is 17.8. The molecule has 2 rings (SSSR count). The lowest BCUT2D eigenvalue weighted by molar-refractivity contribution is -0.136. The number of aliphatic hydroxyl groups is 1. The van der Waals surface area contributed by atoms with Crippen molar-refractivity contribution in [3.8, 4) is 0 Å². The maximum Gasteiger partial charge on any atom is 0.307 e. The molecular formula is C11H12O3. The first kappa shape index (κ1) is 9.21. The topological polar surface area (TPSA) is 57.5 Å². The molecule has 0 saturated heterocycles. The van der Waals surface area contributed by atoms with Crippen LogP contribution < -0.4 is 0 Å². The van der Waals surface area contributed by atoms with Crippen molar-refractivity contribution in [2.75, 3.05) is 0 Å². The maximum atomic E-state index is 10.6. The fraction of sp³-hybridized carbons (Fsp3) is 0.364. The van der Waals surface area contributed by atoms with E-state index < -0.39 is 11.6 Å². The highest BCUT2D eigenvalue weighted by Gasteiger charge is 2.43. The van der Waals surface area contributed by atoms with Crippen molar-refractivity contribution in [3.05, 3.63) is 35.4 Å². The van der Waals surface area contributed by atoms with Crippen molar-refractivity contribution in [1.29, 1.82) is 0 Å². The van der Waals surface area contributed by atoms with Crippen LogP contribution >= 0.6 is 0 Å². The highest BCUT2D eigenvalue weighted by atomic mass is 16.4. The Morgan fingerprint density at radius 2 is 2.00 bits per heavy atom. The van der Waals surface area contributed by atoms with E-state index in [-0.39, 0.29) is 6.42 Å². The third kappa shape index (κ3) is 1.63. The van der Waals surface area contributed by atoms with E-state index >= 15 is 0 Å². The Labute approximate surface area is 82.0 Å². The number of hydrogen-bond donors (Lipinski definition) is 2. The minimum absolute atomic E-state index is 0.0154. The van der Waals surface area contributed by atoms with E-state index in [0.29, 0.717) is 0 Å². The lowest BCUT2D eigenvalue weighted by atomic mass is 9.98. The van der Waals surface area contributed by atoms with Gasteiger partial charge in [-0.2, -0.15) is 0 Å². The van der Waals surface area contributed by atoms with Crippen LogP contribution in [0, 0.1) is 0 Å². The third-order valence-electron chi connectivity index (χ3n) is 2.58. The Kier molecular flexibility index (Phi) is 2.04. The fourth-order valence-corrected chi connectivity index (χ4v) is 1.68. The third-order valence-corrected chi connectivity index (χ3v) is 2.58. The number of aliphatic carboxylic acids is 1. The van der Waals surface area contributed by atoms with Crippen LogP contribution in [0.4, 0.5) is 0 Å². The Hall–Kier alpha value is -1.35. The minimum Gasteiger partial charge on any atom is -0.481 e. The standard InChI is InChI=1S/C11H12O3/c12-10(13)7-8-3-1-2-4-9(8)11(14)5-6-11/h1-4,14H,5-7H2,(H,12,13). The molecular weight excluding hydrogens is 180 g/mol. The summed E-state index contributed by atoms with van der Waals surface area (Å²) in [7, 11) is 0. The molecule has 0 aliphatic heterocycles. The molecule has 1 aromatic carbocycles. The van der Waals surface area contributed by atoms with Crippen LogP contribution in [0.15, 0.2) is 24.3 Å². The van der Waals surface area contributed by atoms with Gasteiger partial charge in [0.05, 0.1) is 12.0 Å². The predicted octanol–water partition coefficient (Wildman–Crippen LogP) is 1.30. The molecule has 1 aromatic rings. The number of carbonyl (C=O) groups is 1. The zero-order valence-corrected chi connectivity index (χ0v) is 7.73. The molecule has 2 N–H and O–H groups in total. The van der Waals surface area contributed by atoms with Crippen molar-refractivity contribution in [3.63, 3.8) is 0 Å². The molecule has 74 valence electrons. The Morgan fingerprint density at radius 1 is 1.36 bits per heavy atom. The lowest BCUT2D eigenvalue weighted by Gasteiger charge is -2.12. The van der Waals surface area contributed by atoms with Crippen molar-refractivity contribution in [2.24, 2.45) is 0 Å². The van der Waals surface area contributed by atoms with E-state index in [1.165, 1.54) is 0 Å². The first-order chi connectivity index (χ1) is 6.62. The lowest BCUT2D eigenvalue weighted by Crippen LogP contribution is -2.11. The Morgan fingerprint density at radius 3 is 2.57 bits per heavy atom. The van der Waals surface area contributed by atoms with E-state index in [0.717, 1.165) is 24.0 Å². The zero-order chi connectivity index (χ0) is 10.2. The summed E-state index contributed by atoms with van der Waals surface area (Å²) < 4.78 is 0. The van der Waals surface area contributed by atoms with Gasteiger partial charge in [0.25, 0.3) is 0 Å². The van der Waals surface area contributed by atoms with Crippen LogP contribution in [0.2, 0.25) is 0 Å². The average Bonchev–Trinajstić information content (AvgIpc) is 2.84. The second kappa shape index (κ2) is 3.10. The van der Waals surface area contributed by atoms with E-state index in [1.807, 2.05) is 12.1 Å². The van der Waals surface area contributed by atoms with Gasteiger partial charge in [-0.1, -0.05) is 24.3 Å². The van der Waals surface area contributed by atoms with Crippen LogP contribution in [0.3, 0.4) is 0 Å². The van der Waals surface area contributed by atoms with Crippen LogP contribution in [-0.2, 0) is 16.8 Å². The Balaban J connectivity index is 2.34. The SMILES string of the molecule is O=C(O)Cc1ccccc1C1(O)CC1. The second-order valence-electron chi connectivity index (χ2n) is 3.76. The van der Waals surface area contributed by atoms with Crippen molar-refractivity contribution in [1.82, 2.24) is 0 Å². The van der Waals surface area contributed by atoms with Gasteiger partial charge >= 0.3 is 5.97 Å². The minimum atomic E-state index is -0.860. The first-order valence-corrected chi connectivity index (χ1v) is 4.64. The quantitative estimate of drug-likeness (QED) is 0.758. The predicted molar refractivity (Wildman–Crippen MR) is 50.9 cm³/mol. The van der Waals surface area contributed by atoms with Crippen LogP contribution in [0.1, 0.15) is 24.0 Å². The zero-order valence-electron chi connectivity index (χ0n) is 7.73. The highest BCUT2D eigenvalue weighted by Crippen LogP contribution is 2.46. The summed E-state index contributed by atoms with van der Waals surface area (Å²) in [5.41, 5.74) is 0.758. The van der Waals surface area contributed by atoms with Crippen LogP contribution in [0.5, 0.6) is 0 Å². The molecule has 0 aromatic heterocycles. The fourth-order valence-electron chi connectivity index (χ4n) is 1.68. The molecule has 0 radical (unpaired) electrons. The first-order valence-electron chi connectivity index (χ1n) is 4.64. The van der Waals surface area contributed by atoms with Gasteiger partial charge in [-0.3, -0.25) is 4.79 Å².